The third-order valence-corrected chi connectivity index (χ3v) is 4.51. The van der Waals surface area contributed by atoms with Crippen LogP contribution in [0.2, 0.25) is 0 Å². The van der Waals surface area contributed by atoms with Crippen molar-refractivity contribution >= 4 is 11.8 Å². The van der Waals surface area contributed by atoms with Crippen molar-refractivity contribution in [2.24, 2.45) is 0 Å². The van der Waals surface area contributed by atoms with Crippen LogP contribution in [0.15, 0.2) is 9.95 Å². The van der Waals surface area contributed by atoms with E-state index in [2.05, 4.69) is 15.5 Å². The maximum absolute atomic E-state index is 11.6. The van der Waals surface area contributed by atoms with Gasteiger partial charge in [0.2, 0.25) is 0 Å². The highest BCUT2D eigenvalue weighted by molar-refractivity contribution is 7.99. The molecule has 2 rings (SSSR count). The maximum Gasteiger partial charge on any atom is 0.344 e. The second-order valence-corrected chi connectivity index (χ2v) is 6.08. The molecule has 0 bridgehead atoms. The van der Waals surface area contributed by atoms with Gasteiger partial charge in [-0.25, -0.2) is 9.89 Å². The molecule has 1 aliphatic rings. The Morgan fingerprint density at radius 3 is 2.88 bits per heavy atom. The van der Waals surface area contributed by atoms with E-state index >= 15 is 0 Å². The first-order chi connectivity index (χ1) is 8.11. The van der Waals surface area contributed by atoms with Crippen LogP contribution in [-0.2, 0) is 0 Å². The molecule has 0 aromatic carbocycles. The largest absolute Gasteiger partial charge is 0.344 e. The molecule has 1 fully saturated rings. The summed E-state index contributed by atoms with van der Waals surface area (Å²) in [7, 11) is 2.01. The van der Waals surface area contributed by atoms with Gasteiger partial charge >= 0.3 is 5.69 Å². The fourth-order valence-corrected chi connectivity index (χ4v) is 3.67. The van der Waals surface area contributed by atoms with Crippen molar-refractivity contribution in [1.29, 1.82) is 0 Å². The van der Waals surface area contributed by atoms with E-state index in [-0.39, 0.29) is 11.7 Å². The van der Waals surface area contributed by atoms with Crippen molar-refractivity contribution in [3.8, 4) is 0 Å². The number of rotatable bonds is 4. The molecule has 1 aromatic heterocycles. The van der Waals surface area contributed by atoms with Crippen LogP contribution in [0.3, 0.4) is 0 Å². The van der Waals surface area contributed by atoms with Gasteiger partial charge in [-0.2, -0.15) is 0 Å². The Kier molecular flexibility index (Phi) is 3.93. The molecule has 96 valence electrons. The molecule has 0 aliphatic heterocycles. The van der Waals surface area contributed by atoms with E-state index in [1.165, 1.54) is 12.8 Å². The molecular weight excluding hydrogens is 236 g/mol. The summed E-state index contributed by atoms with van der Waals surface area (Å²) in [5.41, 5.74) is -0.106. The molecule has 0 spiro atoms. The zero-order valence-electron chi connectivity index (χ0n) is 10.6. The van der Waals surface area contributed by atoms with Crippen LogP contribution in [0.25, 0.3) is 0 Å². The van der Waals surface area contributed by atoms with Crippen molar-refractivity contribution in [3.05, 3.63) is 10.5 Å². The van der Waals surface area contributed by atoms with Crippen molar-refractivity contribution in [2.75, 3.05) is 7.05 Å². The van der Waals surface area contributed by atoms with Crippen molar-refractivity contribution in [1.82, 2.24) is 20.1 Å². The Morgan fingerprint density at radius 2 is 2.29 bits per heavy atom. The van der Waals surface area contributed by atoms with Crippen LogP contribution >= 0.6 is 11.8 Å². The van der Waals surface area contributed by atoms with E-state index in [9.17, 15) is 4.79 Å². The third kappa shape index (κ3) is 2.74. The molecule has 2 unspecified atom stereocenters. The van der Waals surface area contributed by atoms with Gasteiger partial charge in [-0.3, -0.25) is 4.57 Å². The molecule has 6 heteroatoms. The van der Waals surface area contributed by atoms with Crippen LogP contribution in [-0.4, -0.2) is 33.1 Å². The van der Waals surface area contributed by atoms with Gasteiger partial charge in [-0.15, -0.1) is 5.10 Å². The number of aromatic amines is 1. The molecule has 1 heterocycles. The monoisotopic (exact) mass is 256 g/mol. The number of hydrogen-bond donors (Lipinski definition) is 2. The quantitative estimate of drug-likeness (QED) is 0.854. The molecule has 17 heavy (non-hydrogen) atoms. The molecule has 1 aliphatic carbocycles. The first kappa shape index (κ1) is 12.7. The minimum absolute atomic E-state index is 0.106. The number of nitrogens with one attached hydrogen (secondary N) is 2. The highest BCUT2D eigenvalue weighted by Crippen LogP contribution is 2.34. The van der Waals surface area contributed by atoms with E-state index in [0.717, 1.165) is 11.6 Å². The summed E-state index contributed by atoms with van der Waals surface area (Å²) < 4.78 is 1.73. The predicted molar refractivity (Wildman–Crippen MR) is 69.6 cm³/mol. The fraction of sp³-hybridized carbons (Fsp3) is 0.818. The Bertz CT molecular complexity index is 425. The van der Waals surface area contributed by atoms with Crippen LogP contribution in [0.5, 0.6) is 0 Å². The SMILES string of the molecule is CNC1CCC(Sc2n[nH]c(=O)n2C(C)C)C1. The lowest BCUT2D eigenvalue weighted by Crippen LogP contribution is -2.22. The van der Waals surface area contributed by atoms with Gasteiger partial charge in [-0.1, -0.05) is 11.8 Å². The van der Waals surface area contributed by atoms with Crippen LogP contribution in [0.1, 0.15) is 39.2 Å². The fourth-order valence-electron chi connectivity index (χ4n) is 2.29. The summed E-state index contributed by atoms with van der Waals surface area (Å²) in [6, 6.07) is 0.774. The summed E-state index contributed by atoms with van der Waals surface area (Å²) >= 11 is 1.73. The average molecular weight is 256 g/mol. The number of H-pyrrole nitrogens is 1. The Hall–Kier alpha value is -0.750. The molecule has 0 amide bonds. The topological polar surface area (TPSA) is 62.7 Å². The van der Waals surface area contributed by atoms with Crippen LogP contribution in [0.4, 0.5) is 0 Å². The van der Waals surface area contributed by atoms with Gasteiger partial charge in [0.1, 0.15) is 0 Å². The normalized spacial score (nSPS) is 24.7. The van der Waals surface area contributed by atoms with E-state index in [0.29, 0.717) is 11.3 Å². The second kappa shape index (κ2) is 5.27. The Labute approximate surface area is 105 Å². The molecule has 0 saturated heterocycles. The lowest BCUT2D eigenvalue weighted by molar-refractivity contribution is 0.533. The van der Waals surface area contributed by atoms with Crippen LogP contribution in [0, 0.1) is 0 Å². The molecule has 2 N–H and O–H groups in total. The van der Waals surface area contributed by atoms with Gasteiger partial charge < -0.3 is 5.32 Å². The van der Waals surface area contributed by atoms with E-state index < -0.39 is 0 Å². The summed E-state index contributed by atoms with van der Waals surface area (Å²) in [6.45, 7) is 4.01. The number of nitrogens with zero attached hydrogens (tertiary/aromatic N) is 2. The third-order valence-electron chi connectivity index (χ3n) is 3.25. The van der Waals surface area contributed by atoms with E-state index in [1.807, 2.05) is 20.9 Å². The smallest absolute Gasteiger partial charge is 0.317 e. The lowest BCUT2D eigenvalue weighted by atomic mass is 10.3. The van der Waals surface area contributed by atoms with E-state index in [4.69, 9.17) is 0 Å². The summed E-state index contributed by atoms with van der Waals surface area (Å²) in [4.78, 5) is 11.6. The first-order valence-corrected chi connectivity index (χ1v) is 7.00. The van der Waals surface area contributed by atoms with Gasteiger partial charge in [0.15, 0.2) is 5.16 Å². The summed E-state index contributed by atoms with van der Waals surface area (Å²) in [5, 5.41) is 11.4. The minimum atomic E-state index is -0.106. The van der Waals surface area contributed by atoms with Crippen molar-refractivity contribution in [3.63, 3.8) is 0 Å². The zero-order valence-corrected chi connectivity index (χ0v) is 11.4. The molecule has 2 atom stereocenters. The number of aromatic nitrogens is 3. The molecular formula is C11H20N4OS. The van der Waals surface area contributed by atoms with Crippen molar-refractivity contribution in [2.45, 2.75) is 55.6 Å². The average Bonchev–Trinajstić information content (AvgIpc) is 2.86. The molecule has 5 nitrogen and oxygen atoms in total. The van der Waals surface area contributed by atoms with E-state index in [1.54, 1.807) is 16.3 Å². The minimum Gasteiger partial charge on any atom is -0.317 e. The van der Waals surface area contributed by atoms with Gasteiger partial charge in [0, 0.05) is 17.3 Å². The maximum atomic E-state index is 11.6. The lowest BCUT2D eigenvalue weighted by Gasteiger charge is -2.12. The number of hydrogen-bond acceptors (Lipinski definition) is 4. The predicted octanol–water partition coefficient (Wildman–Crippen LogP) is 1.38. The highest BCUT2D eigenvalue weighted by Gasteiger charge is 2.26. The summed E-state index contributed by atoms with van der Waals surface area (Å²) in [5.74, 6) is 0. The van der Waals surface area contributed by atoms with Crippen LogP contribution < -0.4 is 11.0 Å². The Morgan fingerprint density at radius 1 is 1.53 bits per heavy atom. The second-order valence-electron chi connectivity index (χ2n) is 4.81. The molecule has 1 saturated carbocycles. The first-order valence-electron chi connectivity index (χ1n) is 6.12. The molecule has 0 radical (unpaired) electrons. The van der Waals surface area contributed by atoms with Gasteiger partial charge in [0.25, 0.3) is 0 Å². The van der Waals surface area contributed by atoms with Gasteiger partial charge in [-0.05, 0) is 40.2 Å². The van der Waals surface area contributed by atoms with Gasteiger partial charge in [0.05, 0.1) is 0 Å². The highest BCUT2D eigenvalue weighted by atomic mass is 32.2. The summed E-state index contributed by atoms with van der Waals surface area (Å²) in [6.07, 6.45) is 3.56. The Balaban J connectivity index is 2.07. The zero-order chi connectivity index (χ0) is 12.4. The van der Waals surface area contributed by atoms with Crippen molar-refractivity contribution < 1.29 is 0 Å². The molecule has 1 aromatic rings. The number of thioether (sulfide) groups is 1. The standard InChI is InChI=1S/C11H20N4OS/c1-7(2)15-10(16)13-14-11(15)17-9-5-4-8(6-9)12-3/h7-9,12H,4-6H2,1-3H3,(H,13,16).